The van der Waals surface area contributed by atoms with Crippen LogP contribution in [0.4, 0.5) is 0 Å². The number of nitrogens with two attached hydrogens (primary N) is 1. The molecule has 0 bridgehead atoms. The van der Waals surface area contributed by atoms with Gasteiger partial charge in [-0.15, -0.1) is 0 Å². The monoisotopic (exact) mass is 389 g/mol. The fourth-order valence-electron chi connectivity index (χ4n) is 2.60. The van der Waals surface area contributed by atoms with E-state index in [1.807, 2.05) is 18.2 Å². The first-order chi connectivity index (χ1) is 12.8. The number of benzene rings is 2. The van der Waals surface area contributed by atoms with Crippen LogP contribution in [0.3, 0.4) is 0 Å². The van der Waals surface area contributed by atoms with Crippen LogP contribution in [0.25, 0.3) is 0 Å². The van der Waals surface area contributed by atoms with Gasteiger partial charge in [0, 0.05) is 11.6 Å². The summed E-state index contributed by atoms with van der Waals surface area (Å²) in [6.45, 7) is 7.13. The molecule has 0 saturated carbocycles. The Morgan fingerprint density at radius 1 is 0.889 bits per heavy atom. The van der Waals surface area contributed by atoms with E-state index in [2.05, 4.69) is 20.8 Å². The number of rotatable bonds is 8. The van der Waals surface area contributed by atoms with Crippen LogP contribution >= 0.6 is 12.2 Å². The number of methoxy groups -OCH3 is 2. The van der Waals surface area contributed by atoms with Crippen molar-refractivity contribution in [1.82, 2.24) is 0 Å². The van der Waals surface area contributed by atoms with E-state index >= 15 is 0 Å². The minimum atomic E-state index is -0.0730. The Bertz CT molecular complexity index is 799. The number of ether oxygens (including phenoxy) is 4. The van der Waals surface area contributed by atoms with E-state index in [4.69, 9.17) is 36.9 Å². The van der Waals surface area contributed by atoms with Gasteiger partial charge in [0.1, 0.15) is 41.2 Å². The maximum Gasteiger partial charge on any atom is 0.133 e. The summed E-state index contributed by atoms with van der Waals surface area (Å²) in [7, 11) is 3.25. The van der Waals surface area contributed by atoms with Crippen molar-refractivity contribution in [2.24, 2.45) is 5.73 Å². The summed E-state index contributed by atoms with van der Waals surface area (Å²) in [5, 5.41) is 0. The molecule has 2 rings (SSSR count). The molecule has 0 aliphatic rings. The van der Waals surface area contributed by atoms with Gasteiger partial charge in [0.05, 0.1) is 19.8 Å². The molecule has 2 aromatic carbocycles. The molecule has 0 aliphatic heterocycles. The van der Waals surface area contributed by atoms with Crippen molar-refractivity contribution in [3.05, 3.63) is 47.5 Å². The molecular formula is C21H27NO4S. The lowest BCUT2D eigenvalue weighted by Crippen LogP contribution is -2.17. The Kier molecular flexibility index (Phi) is 6.91. The Hall–Kier alpha value is -2.47. The van der Waals surface area contributed by atoms with Gasteiger partial charge in [0.2, 0.25) is 0 Å². The zero-order valence-corrected chi connectivity index (χ0v) is 17.3. The van der Waals surface area contributed by atoms with Crippen molar-refractivity contribution >= 4 is 17.2 Å². The molecule has 2 aromatic rings. The standard InChI is InChI=1S/C21H27NO4S/c1-21(2,3)17-12-14(23-4)7-9-18(17)25-10-11-26-19-13-15(24-5)6-8-16(19)20(22)27/h6-9,12-13H,10-11H2,1-5H3,(H2,22,27). The maximum absolute atomic E-state index is 5.97. The average Bonchev–Trinajstić information content (AvgIpc) is 2.64. The highest BCUT2D eigenvalue weighted by Gasteiger charge is 2.20. The molecule has 0 fully saturated rings. The Morgan fingerprint density at radius 3 is 2.00 bits per heavy atom. The fourth-order valence-corrected chi connectivity index (χ4v) is 2.77. The molecule has 0 atom stereocenters. The van der Waals surface area contributed by atoms with Gasteiger partial charge in [-0.1, -0.05) is 33.0 Å². The van der Waals surface area contributed by atoms with Gasteiger partial charge in [-0.05, 0) is 35.7 Å². The lowest BCUT2D eigenvalue weighted by molar-refractivity contribution is 0.213. The summed E-state index contributed by atoms with van der Waals surface area (Å²) < 4.78 is 22.4. The van der Waals surface area contributed by atoms with E-state index in [1.165, 1.54) is 0 Å². The largest absolute Gasteiger partial charge is 0.497 e. The van der Waals surface area contributed by atoms with Gasteiger partial charge >= 0.3 is 0 Å². The predicted octanol–water partition coefficient (Wildman–Crippen LogP) is 4.09. The molecule has 0 radical (unpaired) electrons. The van der Waals surface area contributed by atoms with Crippen molar-refractivity contribution in [2.45, 2.75) is 26.2 Å². The second kappa shape index (κ2) is 8.95. The van der Waals surface area contributed by atoms with E-state index in [9.17, 15) is 0 Å². The minimum absolute atomic E-state index is 0.0730. The molecular weight excluding hydrogens is 362 g/mol. The fraction of sp³-hybridized carbons (Fsp3) is 0.381. The number of thiocarbonyl (C=S) groups is 1. The molecule has 5 nitrogen and oxygen atoms in total. The third-order valence-electron chi connectivity index (χ3n) is 4.05. The Balaban J connectivity index is 2.07. The van der Waals surface area contributed by atoms with Crippen LogP contribution in [0.15, 0.2) is 36.4 Å². The van der Waals surface area contributed by atoms with Crippen molar-refractivity contribution in [3.8, 4) is 23.0 Å². The van der Waals surface area contributed by atoms with Gasteiger partial charge in [0.25, 0.3) is 0 Å². The molecule has 2 N–H and O–H groups in total. The zero-order valence-electron chi connectivity index (χ0n) is 16.5. The summed E-state index contributed by atoms with van der Waals surface area (Å²) in [5.74, 6) is 2.88. The minimum Gasteiger partial charge on any atom is -0.497 e. The highest BCUT2D eigenvalue weighted by molar-refractivity contribution is 7.80. The highest BCUT2D eigenvalue weighted by atomic mass is 32.1. The Morgan fingerprint density at radius 2 is 1.44 bits per heavy atom. The molecule has 0 amide bonds. The molecule has 0 aromatic heterocycles. The van der Waals surface area contributed by atoms with Crippen LogP contribution in [-0.4, -0.2) is 32.4 Å². The maximum atomic E-state index is 5.97. The third-order valence-corrected chi connectivity index (χ3v) is 4.27. The quantitative estimate of drug-likeness (QED) is 0.542. The van der Waals surface area contributed by atoms with Crippen LogP contribution in [0, 0.1) is 0 Å². The molecule has 6 heteroatoms. The van der Waals surface area contributed by atoms with Gasteiger partial charge in [-0.3, -0.25) is 0 Å². The summed E-state index contributed by atoms with van der Waals surface area (Å²) in [5.41, 5.74) is 7.44. The first-order valence-corrected chi connectivity index (χ1v) is 9.09. The van der Waals surface area contributed by atoms with E-state index < -0.39 is 0 Å². The van der Waals surface area contributed by atoms with Crippen LogP contribution in [-0.2, 0) is 5.41 Å². The second-order valence-electron chi connectivity index (χ2n) is 7.04. The van der Waals surface area contributed by atoms with Crippen molar-refractivity contribution in [3.63, 3.8) is 0 Å². The average molecular weight is 390 g/mol. The molecule has 27 heavy (non-hydrogen) atoms. The topological polar surface area (TPSA) is 62.9 Å². The zero-order chi connectivity index (χ0) is 20.0. The third kappa shape index (κ3) is 5.50. The lowest BCUT2D eigenvalue weighted by atomic mass is 9.86. The van der Waals surface area contributed by atoms with Crippen molar-refractivity contribution < 1.29 is 18.9 Å². The van der Waals surface area contributed by atoms with E-state index in [0.29, 0.717) is 30.3 Å². The normalized spacial score (nSPS) is 11.0. The molecule has 0 heterocycles. The van der Waals surface area contributed by atoms with Crippen LogP contribution in [0.1, 0.15) is 31.9 Å². The van der Waals surface area contributed by atoms with Gasteiger partial charge in [-0.2, -0.15) is 0 Å². The van der Waals surface area contributed by atoms with Crippen LogP contribution < -0.4 is 24.7 Å². The second-order valence-corrected chi connectivity index (χ2v) is 7.48. The molecule has 0 spiro atoms. The van der Waals surface area contributed by atoms with E-state index in [-0.39, 0.29) is 10.4 Å². The number of hydrogen-bond donors (Lipinski definition) is 1. The van der Waals surface area contributed by atoms with Gasteiger partial charge < -0.3 is 24.7 Å². The van der Waals surface area contributed by atoms with Crippen molar-refractivity contribution in [1.29, 1.82) is 0 Å². The van der Waals surface area contributed by atoms with Crippen LogP contribution in [0.2, 0.25) is 0 Å². The summed E-state index contributed by atoms with van der Waals surface area (Å²) in [4.78, 5) is 0.277. The molecule has 146 valence electrons. The number of hydrogen-bond acceptors (Lipinski definition) is 5. The van der Waals surface area contributed by atoms with Crippen LogP contribution in [0.5, 0.6) is 23.0 Å². The lowest BCUT2D eigenvalue weighted by Gasteiger charge is -2.23. The van der Waals surface area contributed by atoms with Gasteiger partial charge in [0.15, 0.2) is 0 Å². The molecule has 0 unspecified atom stereocenters. The van der Waals surface area contributed by atoms with E-state index in [1.54, 1.807) is 32.4 Å². The SMILES string of the molecule is COc1ccc(C(N)=S)c(OCCOc2ccc(OC)cc2C(C)(C)C)c1. The van der Waals surface area contributed by atoms with Crippen molar-refractivity contribution in [2.75, 3.05) is 27.4 Å². The molecule has 0 aliphatic carbocycles. The smallest absolute Gasteiger partial charge is 0.133 e. The summed E-state index contributed by atoms with van der Waals surface area (Å²) in [6, 6.07) is 11.2. The Labute approximate surface area is 166 Å². The molecule has 0 saturated heterocycles. The van der Waals surface area contributed by atoms with E-state index in [0.717, 1.165) is 17.1 Å². The first kappa shape index (κ1) is 20.8. The summed E-state index contributed by atoms with van der Waals surface area (Å²) >= 11 is 5.08. The predicted molar refractivity (Wildman–Crippen MR) is 112 cm³/mol. The summed E-state index contributed by atoms with van der Waals surface area (Å²) in [6.07, 6.45) is 0. The van der Waals surface area contributed by atoms with Gasteiger partial charge in [-0.25, -0.2) is 0 Å². The first-order valence-electron chi connectivity index (χ1n) is 8.68. The highest BCUT2D eigenvalue weighted by Crippen LogP contribution is 2.34.